The van der Waals surface area contributed by atoms with E-state index in [1.165, 1.54) is 17.4 Å². The highest BCUT2D eigenvalue weighted by Gasteiger charge is 2.28. The lowest BCUT2D eigenvalue weighted by Gasteiger charge is -2.24. The summed E-state index contributed by atoms with van der Waals surface area (Å²) in [6, 6.07) is 6.67. The highest BCUT2D eigenvalue weighted by Crippen LogP contribution is 2.34. The van der Waals surface area contributed by atoms with Gasteiger partial charge in [0.1, 0.15) is 0 Å². The van der Waals surface area contributed by atoms with Gasteiger partial charge in [-0.25, -0.2) is 18.5 Å². The Labute approximate surface area is 154 Å². The minimum atomic E-state index is -3.72. The van der Waals surface area contributed by atoms with Crippen LogP contribution in [0.5, 0.6) is 0 Å². The fourth-order valence-electron chi connectivity index (χ4n) is 3.45. The Morgan fingerprint density at radius 3 is 2.85 bits per heavy atom. The van der Waals surface area contributed by atoms with Gasteiger partial charge in [-0.15, -0.1) is 11.3 Å². The number of nitrogens with zero attached hydrogens (tertiary/aromatic N) is 3. The predicted molar refractivity (Wildman–Crippen MR) is 101 cm³/mol. The third kappa shape index (κ3) is 2.81. The summed E-state index contributed by atoms with van der Waals surface area (Å²) in [6.45, 7) is 4.44. The van der Waals surface area contributed by atoms with Gasteiger partial charge in [0.2, 0.25) is 10.0 Å². The molecule has 136 valence electrons. The van der Waals surface area contributed by atoms with E-state index in [1.807, 2.05) is 12.3 Å². The molecule has 0 amide bonds. The van der Waals surface area contributed by atoms with E-state index in [9.17, 15) is 13.2 Å². The second-order valence-corrected chi connectivity index (χ2v) is 9.00. The fraction of sp³-hybridized carbons (Fsp3) is 0.294. The van der Waals surface area contributed by atoms with E-state index in [-0.39, 0.29) is 16.5 Å². The van der Waals surface area contributed by atoms with Gasteiger partial charge in [0.15, 0.2) is 4.96 Å². The van der Waals surface area contributed by atoms with E-state index >= 15 is 0 Å². The molecule has 7 nitrogen and oxygen atoms in total. The molecule has 0 fully saturated rings. The zero-order chi connectivity index (χ0) is 18.6. The fourth-order valence-corrected chi connectivity index (χ4v) is 4.90. The zero-order valence-corrected chi connectivity index (χ0v) is 16.0. The first-order valence-electron chi connectivity index (χ1n) is 8.13. The van der Waals surface area contributed by atoms with Crippen LogP contribution in [0.4, 0.5) is 5.69 Å². The summed E-state index contributed by atoms with van der Waals surface area (Å²) in [4.78, 5) is 19.9. The minimum Gasteiger partial charge on any atom is -0.362 e. The van der Waals surface area contributed by atoms with Gasteiger partial charge < -0.3 is 4.90 Å². The van der Waals surface area contributed by atoms with Crippen LogP contribution in [-0.2, 0) is 23.0 Å². The highest BCUT2D eigenvalue weighted by atomic mass is 32.2. The standard InChI is InChI=1S/C17H18N4O3S2/c1-10-5-12-6-14(26(18,23)24)3-4-15(12)20(10)8-13-7-16(22)21-11(2)9-25-17(21)19-13/h3-4,6-7,9-10H,5,8H2,1-2H3,(H2,18,23,24)/t10-/m0/s1. The van der Waals surface area contributed by atoms with Crippen LogP contribution in [0.1, 0.15) is 23.9 Å². The van der Waals surface area contributed by atoms with E-state index in [4.69, 9.17) is 5.14 Å². The van der Waals surface area contributed by atoms with E-state index in [0.29, 0.717) is 17.2 Å². The summed E-state index contributed by atoms with van der Waals surface area (Å²) in [5.74, 6) is 0. The van der Waals surface area contributed by atoms with Crippen molar-refractivity contribution in [3.63, 3.8) is 0 Å². The van der Waals surface area contributed by atoms with Crippen LogP contribution in [0.2, 0.25) is 0 Å². The van der Waals surface area contributed by atoms with Gasteiger partial charge in [-0.05, 0) is 44.0 Å². The summed E-state index contributed by atoms with van der Waals surface area (Å²) in [6.07, 6.45) is 0.720. The van der Waals surface area contributed by atoms with Gasteiger partial charge in [-0.3, -0.25) is 9.20 Å². The maximum atomic E-state index is 12.4. The molecule has 1 aromatic carbocycles. The molecule has 1 aliphatic rings. The van der Waals surface area contributed by atoms with Crippen molar-refractivity contribution in [2.45, 2.75) is 37.8 Å². The molecule has 1 atom stereocenters. The Hall–Kier alpha value is -2.23. The number of nitrogens with two attached hydrogens (primary N) is 1. The number of hydrogen-bond acceptors (Lipinski definition) is 6. The topological polar surface area (TPSA) is 97.8 Å². The molecule has 4 rings (SSSR count). The molecule has 0 saturated carbocycles. The molecule has 0 radical (unpaired) electrons. The van der Waals surface area contributed by atoms with Gasteiger partial charge in [-0.1, -0.05) is 0 Å². The normalized spacial score (nSPS) is 17.0. The van der Waals surface area contributed by atoms with Crippen molar-refractivity contribution in [3.05, 3.63) is 57.0 Å². The maximum Gasteiger partial charge on any atom is 0.259 e. The number of hydrogen-bond donors (Lipinski definition) is 1. The van der Waals surface area contributed by atoms with Crippen LogP contribution >= 0.6 is 11.3 Å². The largest absolute Gasteiger partial charge is 0.362 e. The molecule has 26 heavy (non-hydrogen) atoms. The summed E-state index contributed by atoms with van der Waals surface area (Å²) < 4.78 is 24.7. The van der Waals surface area contributed by atoms with Gasteiger partial charge in [0, 0.05) is 28.9 Å². The Kier molecular flexibility index (Phi) is 3.90. The van der Waals surface area contributed by atoms with Gasteiger partial charge in [0.05, 0.1) is 17.1 Å². The molecular weight excluding hydrogens is 372 g/mol. The predicted octanol–water partition coefficient (Wildman–Crippen LogP) is 1.66. The van der Waals surface area contributed by atoms with Crippen molar-refractivity contribution in [2.75, 3.05) is 4.90 Å². The molecule has 0 bridgehead atoms. The number of rotatable bonds is 3. The third-order valence-corrected chi connectivity index (χ3v) is 6.55. The van der Waals surface area contributed by atoms with Crippen molar-refractivity contribution < 1.29 is 8.42 Å². The SMILES string of the molecule is Cc1csc2nc(CN3c4ccc(S(N)(=O)=O)cc4C[C@@H]3C)cc(=O)n12. The molecule has 2 aromatic heterocycles. The van der Waals surface area contributed by atoms with E-state index in [2.05, 4.69) is 16.8 Å². The number of sulfonamides is 1. The van der Waals surface area contributed by atoms with Crippen LogP contribution in [0.3, 0.4) is 0 Å². The molecule has 2 N–H and O–H groups in total. The van der Waals surface area contributed by atoms with Crippen LogP contribution in [0, 0.1) is 6.92 Å². The Bertz CT molecular complexity index is 1180. The molecule has 3 aromatic rings. The first-order valence-corrected chi connectivity index (χ1v) is 10.6. The van der Waals surface area contributed by atoms with Crippen LogP contribution in [-0.4, -0.2) is 23.8 Å². The maximum absolute atomic E-state index is 12.4. The first kappa shape index (κ1) is 17.2. The monoisotopic (exact) mass is 390 g/mol. The van der Waals surface area contributed by atoms with Crippen LogP contribution < -0.4 is 15.6 Å². The lowest BCUT2D eigenvalue weighted by atomic mass is 10.1. The number of fused-ring (bicyclic) bond motifs is 2. The second kappa shape index (κ2) is 5.90. The van der Waals surface area contributed by atoms with Gasteiger partial charge >= 0.3 is 0 Å². The van der Waals surface area contributed by atoms with E-state index in [1.54, 1.807) is 22.6 Å². The number of anilines is 1. The zero-order valence-electron chi connectivity index (χ0n) is 14.3. The summed E-state index contributed by atoms with van der Waals surface area (Å²) in [5, 5.41) is 7.14. The second-order valence-electron chi connectivity index (χ2n) is 6.60. The van der Waals surface area contributed by atoms with Gasteiger partial charge in [-0.2, -0.15) is 0 Å². The lowest BCUT2D eigenvalue weighted by molar-refractivity contribution is 0.597. The lowest BCUT2D eigenvalue weighted by Crippen LogP contribution is -2.30. The molecule has 0 saturated heterocycles. The number of benzene rings is 1. The van der Waals surface area contributed by atoms with Crippen molar-refractivity contribution in [1.82, 2.24) is 9.38 Å². The minimum absolute atomic E-state index is 0.0830. The molecular formula is C17H18N4O3S2. The smallest absolute Gasteiger partial charge is 0.259 e. The number of aryl methyl sites for hydroxylation is 1. The van der Waals surface area contributed by atoms with E-state index in [0.717, 1.165) is 23.4 Å². The summed E-state index contributed by atoms with van der Waals surface area (Å²) in [7, 11) is -3.72. The summed E-state index contributed by atoms with van der Waals surface area (Å²) >= 11 is 1.44. The highest BCUT2D eigenvalue weighted by molar-refractivity contribution is 7.89. The molecule has 0 unspecified atom stereocenters. The van der Waals surface area contributed by atoms with Crippen molar-refractivity contribution in [2.24, 2.45) is 5.14 Å². The molecule has 3 heterocycles. The average Bonchev–Trinajstić information content (AvgIpc) is 3.07. The Balaban J connectivity index is 1.71. The number of thiazole rings is 1. The summed E-state index contributed by atoms with van der Waals surface area (Å²) in [5.41, 5.74) is 3.39. The molecule has 0 spiro atoms. The van der Waals surface area contributed by atoms with Gasteiger partial charge in [0.25, 0.3) is 5.56 Å². The molecule has 9 heteroatoms. The Morgan fingerprint density at radius 2 is 2.12 bits per heavy atom. The average molecular weight is 390 g/mol. The molecule has 1 aliphatic heterocycles. The Morgan fingerprint density at radius 1 is 1.35 bits per heavy atom. The number of aromatic nitrogens is 2. The van der Waals surface area contributed by atoms with Crippen LogP contribution in [0.15, 0.2) is 39.3 Å². The number of primary sulfonamides is 1. The van der Waals surface area contributed by atoms with Crippen LogP contribution in [0.25, 0.3) is 4.96 Å². The van der Waals surface area contributed by atoms with Crippen molar-refractivity contribution in [3.8, 4) is 0 Å². The third-order valence-electron chi connectivity index (χ3n) is 4.70. The van der Waals surface area contributed by atoms with Crippen molar-refractivity contribution >= 4 is 32.0 Å². The molecule has 0 aliphatic carbocycles. The quantitative estimate of drug-likeness (QED) is 0.733. The van der Waals surface area contributed by atoms with Crippen molar-refractivity contribution in [1.29, 1.82) is 0 Å². The van der Waals surface area contributed by atoms with E-state index < -0.39 is 10.0 Å². The first-order chi connectivity index (χ1) is 12.2.